The highest BCUT2D eigenvalue weighted by Gasteiger charge is 2.18. The monoisotopic (exact) mass is 315 g/mol. The van der Waals surface area contributed by atoms with Gasteiger partial charge < -0.3 is 14.7 Å². The van der Waals surface area contributed by atoms with Gasteiger partial charge in [0.25, 0.3) is 5.91 Å². The summed E-state index contributed by atoms with van der Waals surface area (Å²) in [5.41, 5.74) is 2.53. The Hall–Kier alpha value is -2.30. The maximum absolute atomic E-state index is 12.2. The highest BCUT2D eigenvalue weighted by molar-refractivity contribution is 5.96. The lowest BCUT2D eigenvalue weighted by Crippen LogP contribution is -2.26. The molecule has 0 atom stereocenters. The molecule has 1 N–H and O–H groups in total. The van der Waals surface area contributed by atoms with Crippen LogP contribution in [0.4, 0.5) is 5.69 Å². The number of benzene rings is 1. The lowest BCUT2D eigenvalue weighted by molar-refractivity contribution is 0.0951. The topological polar surface area (TPSA) is 58.4 Å². The van der Waals surface area contributed by atoms with Gasteiger partial charge in [-0.05, 0) is 38.3 Å². The number of rotatable bonds is 8. The van der Waals surface area contributed by atoms with Crippen LogP contribution in [0.1, 0.15) is 41.6 Å². The zero-order chi connectivity index (χ0) is 16.7. The second-order valence-electron chi connectivity index (χ2n) is 5.63. The molecule has 0 bridgehead atoms. The number of amides is 1. The Morgan fingerprint density at radius 2 is 2.00 bits per heavy atom. The van der Waals surface area contributed by atoms with Crippen LogP contribution < -0.4 is 10.2 Å². The number of aromatic nitrogens is 1. The van der Waals surface area contributed by atoms with Gasteiger partial charge >= 0.3 is 0 Å². The van der Waals surface area contributed by atoms with Crippen LogP contribution in [-0.4, -0.2) is 31.2 Å². The second kappa shape index (κ2) is 8.36. The number of para-hydroxylation sites is 1. The van der Waals surface area contributed by atoms with Crippen LogP contribution in [0.2, 0.25) is 0 Å². The van der Waals surface area contributed by atoms with E-state index in [1.807, 2.05) is 25.1 Å². The molecule has 1 aromatic heterocycles. The van der Waals surface area contributed by atoms with E-state index in [1.165, 1.54) is 5.69 Å². The molecule has 1 aromatic carbocycles. The molecule has 0 fully saturated rings. The van der Waals surface area contributed by atoms with Crippen LogP contribution in [0.25, 0.3) is 0 Å². The van der Waals surface area contributed by atoms with Crippen molar-refractivity contribution in [3.05, 3.63) is 47.3 Å². The number of anilines is 1. The van der Waals surface area contributed by atoms with E-state index in [9.17, 15) is 4.79 Å². The van der Waals surface area contributed by atoms with E-state index in [0.29, 0.717) is 24.3 Å². The van der Waals surface area contributed by atoms with Crippen molar-refractivity contribution in [1.29, 1.82) is 0 Å². The number of carbonyl (C=O) groups excluding carboxylic acids is 1. The summed E-state index contributed by atoms with van der Waals surface area (Å²) in [6.45, 7) is 5.37. The van der Waals surface area contributed by atoms with Crippen molar-refractivity contribution < 1.29 is 9.32 Å². The number of unbranched alkanes of at least 4 members (excludes halogenated alkanes) is 1. The molecular weight excluding hydrogens is 290 g/mol. The maximum atomic E-state index is 12.2. The quantitative estimate of drug-likeness (QED) is 0.760. The molecule has 2 rings (SSSR count). The molecule has 0 aliphatic rings. The minimum absolute atomic E-state index is 0.0861. The Kier molecular flexibility index (Phi) is 6.20. The van der Waals surface area contributed by atoms with E-state index >= 15 is 0 Å². The van der Waals surface area contributed by atoms with Gasteiger partial charge in [0.2, 0.25) is 0 Å². The molecule has 23 heavy (non-hydrogen) atoms. The van der Waals surface area contributed by atoms with Crippen molar-refractivity contribution >= 4 is 11.6 Å². The van der Waals surface area contributed by atoms with Crippen LogP contribution in [0.5, 0.6) is 0 Å². The van der Waals surface area contributed by atoms with Gasteiger partial charge in [-0.15, -0.1) is 0 Å². The summed E-state index contributed by atoms with van der Waals surface area (Å²) >= 11 is 0. The van der Waals surface area contributed by atoms with Gasteiger partial charge in [-0.25, -0.2) is 0 Å². The predicted molar refractivity (Wildman–Crippen MR) is 91.9 cm³/mol. The average molecular weight is 315 g/mol. The molecule has 0 aliphatic carbocycles. The molecule has 2 aromatic rings. The molecule has 0 aliphatic heterocycles. The van der Waals surface area contributed by atoms with Gasteiger partial charge in [0.15, 0.2) is 0 Å². The SMILES string of the molecule is CCc1noc(C)c1C(=O)NCCCCN(C)c1ccccc1. The fourth-order valence-electron chi connectivity index (χ4n) is 2.53. The minimum Gasteiger partial charge on any atom is -0.375 e. The number of hydrogen-bond donors (Lipinski definition) is 1. The van der Waals surface area contributed by atoms with Crippen molar-refractivity contribution in [2.24, 2.45) is 0 Å². The predicted octanol–water partition coefficient (Wildman–Crippen LogP) is 3.19. The molecule has 0 spiro atoms. The Morgan fingerprint density at radius 1 is 1.26 bits per heavy atom. The number of carbonyl (C=O) groups is 1. The largest absolute Gasteiger partial charge is 0.375 e. The number of nitrogens with one attached hydrogen (secondary N) is 1. The Morgan fingerprint density at radius 3 is 2.70 bits per heavy atom. The third-order valence-corrected chi connectivity index (χ3v) is 3.90. The van der Waals surface area contributed by atoms with Crippen LogP contribution in [0.3, 0.4) is 0 Å². The zero-order valence-electron chi connectivity index (χ0n) is 14.1. The Balaban J connectivity index is 1.71. The Bertz CT molecular complexity index is 622. The summed E-state index contributed by atoms with van der Waals surface area (Å²) in [7, 11) is 2.09. The van der Waals surface area contributed by atoms with Gasteiger partial charge in [0, 0.05) is 25.8 Å². The van der Waals surface area contributed by atoms with E-state index < -0.39 is 0 Å². The molecule has 0 saturated carbocycles. The lowest BCUT2D eigenvalue weighted by atomic mass is 10.1. The van der Waals surface area contributed by atoms with Crippen molar-refractivity contribution in [2.75, 3.05) is 25.0 Å². The van der Waals surface area contributed by atoms with Crippen LogP contribution in [-0.2, 0) is 6.42 Å². The smallest absolute Gasteiger partial charge is 0.256 e. The molecule has 5 heteroatoms. The Labute approximate surface area is 137 Å². The van der Waals surface area contributed by atoms with Crippen molar-refractivity contribution in [3.8, 4) is 0 Å². The first-order chi connectivity index (χ1) is 11.1. The van der Waals surface area contributed by atoms with Gasteiger partial charge in [-0.3, -0.25) is 4.79 Å². The molecule has 0 radical (unpaired) electrons. The van der Waals surface area contributed by atoms with Crippen LogP contribution >= 0.6 is 0 Å². The summed E-state index contributed by atoms with van der Waals surface area (Å²) in [4.78, 5) is 14.4. The van der Waals surface area contributed by atoms with E-state index in [1.54, 1.807) is 6.92 Å². The highest BCUT2D eigenvalue weighted by Crippen LogP contribution is 2.14. The van der Waals surface area contributed by atoms with E-state index in [4.69, 9.17) is 4.52 Å². The summed E-state index contributed by atoms with van der Waals surface area (Å²) < 4.78 is 5.10. The molecule has 5 nitrogen and oxygen atoms in total. The molecule has 124 valence electrons. The normalized spacial score (nSPS) is 10.6. The summed E-state index contributed by atoms with van der Waals surface area (Å²) in [6.07, 6.45) is 2.66. The van der Waals surface area contributed by atoms with E-state index in [-0.39, 0.29) is 5.91 Å². The standard InChI is InChI=1S/C18H25N3O2/c1-4-16-17(14(2)23-20-16)18(22)19-12-8-9-13-21(3)15-10-6-5-7-11-15/h5-7,10-11H,4,8-9,12-13H2,1-3H3,(H,19,22). The fourth-order valence-corrected chi connectivity index (χ4v) is 2.53. The summed E-state index contributed by atoms with van der Waals surface area (Å²) in [5.74, 6) is 0.500. The summed E-state index contributed by atoms with van der Waals surface area (Å²) in [6, 6.07) is 10.3. The average Bonchev–Trinajstić information content (AvgIpc) is 2.95. The van der Waals surface area contributed by atoms with E-state index in [0.717, 1.165) is 25.1 Å². The number of nitrogens with zero attached hydrogens (tertiary/aromatic N) is 2. The molecule has 0 unspecified atom stereocenters. The number of hydrogen-bond acceptors (Lipinski definition) is 4. The molecule has 0 saturated heterocycles. The first-order valence-electron chi connectivity index (χ1n) is 8.13. The lowest BCUT2D eigenvalue weighted by Gasteiger charge is -2.19. The van der Waals surface area contributed by atoms with Gasteiger partial charge in [-0.2, -0.15) is 0 Å². The van der Waals surface area contributed by atoms with Crippen molar-refractivity contribution in [2.45, 2.75) is 33.1 Å². The molecular formula is C18H25N3O2. The molecule has 1 heterocycles. The van der Waals surface area contributed by atoms with Crippen molar-refractivity contribution in [1.82, 2.24) is 10.5 Å². The highest BCUT2D eigenvalue weighted by atomic mass is 16.5. The van der Waals surface area contributed by atoms with Crippen LogP contribution in [0.15, 0.2) is 34.9 Å². The fraction of sp³-hybridized carbons (Fsp3) is 0.444. The van der Waals surface area contributed by atoms with Gasteiger partial charge in [0.05, 0.1) is 5.69 Å². The third-order valence-electron chi connectivity index (χ3n) is 3.90. The van der Waals surface area contributed by atoms with Gasteiger partial charge in [-0.1, -0.05) is 30.3 Å². The second-order valence-corrected chi connectivity index (χ2v) is 5.63. The maximum Gasteiger partial charge on any atom is 0.256 e. The van der Waals surface area contributed by atoms with Gasteiger partial charge in [0.1, 0.15) is 11.3 Å². The summed E-state index contributed by atoms with van der Waals surface area (Å²) in [5, 5.41) is 6.87. The number of aryl methyl sites for hydroxylation is 2. The third kappa shape index (κ3) is 4.58. The van der Waals surface area contributed by atoms with E-state index in [2.05, 4.69) is 34.6 Å². The first kappa shape index (κ1) is 17.1. The van der Waals surface area contributed by atoms with Crippen molar-refractivity contribution in [3.63, 3.8) is 0 Å². The minimum atomic E-state index is -0.0861. The zero-order valence-corrected chi connectivity index (χ0v) is 14.1. The molecule has 1 amide bonds. The van der Waals surface area contributed by atoms with Crippen LogP contribution in [0, 0.1) is 6.92 Å². The first-order valence-corrected chi connectivity index (χ1v) is 8.13.